The molecule has 0 aromatic heterocycles. The highest BCUT2D eigenvalue weighted by Crippen LogP contribution is 2.47. The molecule has 0 saturated carbocycles. The highest BCUT2D eigenvalue weighted by atomic mass is 32.2. The van der Waals surface area contributed by atoms with Gasteiger partial charge in [-0.15, -0.1) is 0 Å². The van der Waals surface area contributed by atoms with Crippen LogP contribution < -0.4 is 0 Å². The molecule has 0 unspecified atom stereocenters. The second-order valence-corrected chi connectivity index (χ2v) is 20.3. The minimum Gasteiger partial charge on any atom is -0.282 e. The molecule has 0 amide bonds. The molecule has 0 aliphatic heterocycles. The fourth-order valence-corrected chi connectivity index (χ4v) is 9.48. The second-order valence-electron chi connectivity index (χ2n) is 14.6. The quantitative estimate of drug-likeness (QED) is 0.0891. The molecule has 8 aromatic rings. The summed E-state index contributed by atoms with van der Waals surface area (Å²) in [5.41, 5.74) is 9.61. The van der Waals surface area contributed by atoms with Gasteiger partial charge in [-0.25, -0.2) is 0 Å². The van der Waals surface area contributed by atoms with Crippen LogP contribution in [0.15, 0.2) is 202 Å². The normalized spacial score (nSPS) is 12.2. The van der Waals surface area contributed by atoms with Crippen LogP contribution in [0.3, 0.4) is 0 Å². The van der Waals surface area contributed by atoms with Gasteiger partial charge in [-0.05, 0) is 132 Å². The number of hydrogen-bond donors (Lipinski definition) is 4. The molecule has 0 spiro atoms. The van der Waals surface area contributed by atoms with Crippen molar-refractivity contribution in [1.82, 2.24) is 0 Å². The summed E-state index contributed by atoms with van der Waals surface area (Å²) in [5, 5.41) is 0. The fourth-order valence-electron chi connectivity index (χ4n) is 7.56. The molecular weight excluding hydrogens is 897 g/mol. The van der Waals surface area contributed by atoms with Gasteiger partial charge in [-0.3, -0.25) is 18.2 Å². The summed E-state index contributed by atoms with van der Waals surface area (Å²) >= 11 is 0. The monoisotopic (exact) mass is 930 g/mol. The molecule has 0 aliphatic rings. The van der Waals surface area contributed by atoms with Crippen LogP contribution in [0.1, 0.15) is 0 Å². The average molecular weight is 931 g/mol. The minimum atomic E-state index is -4.50. The summed E-state index contributed by atoms with van der Waals surface area (Å²) in [6.45, 7) is 0. The van der Waals surface area contributed by atoms with Crippen LogP contribution in [0.25, 0.3) is 77.9 Å². The lowest BCUT2D eigenvalue weighted by Crippen LogP contribution is -1.99. The maximum atomic E-state index is 12.0. The molecule has 0 radical (unpaired) electrons. The third-order valence-corrected chi connectivity index (χ3v) is 14.1. The first kappa shape index (κ1) is 44.0. The molecule has 0 atom stereocenters. The van der Waals surface area contributed by atoms with Crippen molar-refractivity contribution in [3.63, 3.8) is 0 Å². The van der Waals surface area contributed by atoms with Crippen molar-refractivity contribution in [2.45, 2.75) is 19.6 Å². The van der Waals surface area contributed by atoms with E-state index in [0.29, 0.717) is 66.8 Å². The highest BCUT2D eigenvalue weighted by molar-refractivity contribution is 7.86. The van der Waals surface area contributed by atoms with Gasteiger partial charge in [0.05, 0.1) is 19.6 Å². The van der Waals surface area contributed by atoms with Crippen LogP contribution in [0.4, 0.5) is 0 Å². The summed E-state index contributed by atoms with van der Waals surface area (Å²) in [6, 6.07) is 49.2. The second kappa shape index (κ2) is 16.8. The maximum Gasteiger partial charge on any atom is 0.294 e. The predicted octanol–water partition coefficient (Wildman–Crippen LogP) is 10.3. The van der Waals surface area contributed by atoms with E-state index in [0.717, 1.165) is 11.1 Å². The van der Waals surface area contributed by atoms with E-state index in [1.54, 1.807) is 48.5 Å². The van der Waals surface area contributed by atoms with Gasteiger partial charge in [0, 0.05) is 0 Å². The Kier molecular flexibility index (Phi) is 11.6. The van der Waals surface area contributed by atoms with Crippen molar-refractivity contribution in [3.05, 3.63) is 182 Å². The molecule has 8 aromatic carbocycles. The van der Waals surface area contributed by atoms with Gasteiger partial charge in [0.1, 0.15) is 0 Å². The van der Waals surface area contributed by atoms with E-state index < -0.39 is 40.5 Å². The first-order valence-electron chi connectivity index (χ1n) is 19.0. The van der Waals surface area contributed by atoms with E-state index in [1.807, 2.05) is 84.9 Å². The smallest absolute Gasteiger partial charge is 0.282 e. The fraction of sp³-hybridized carbons (Fsp3) is 0. The van der Waals surface area contributed by atoms with Crippen LogP contribution in [0, 0.1) is 0 Å². The van der Waals surface area contributed by atoms with Crippen LogP contribution in [0.2, 0.25) is 0 Å². The van der Waals surface area contributed by atoms with Gasteiger partial charge in [-0.1, -0.05) is 127 Å². The summed E-state index contributed by atoms with van der Waals surface area (Å²) in [6.07, 6.45) is 0. The summed E-state index contributed by atoms with van der Waals surface area (Å²) < 4.78 is 134. The Morgan fingerprint density at radius 1 is 0.234 bits per heavy atom. The van der Waals surface area contributed by atoms with E-state index in [1.165, 1.54) is 48.5 Å². The van der Waals surface area contributed by atoms with Gasteiger partial charge >= 0.3 is 0 Å². The summed E-state index contributed by atoms with van der Waals surface area (Å²) in [7, 11) is -17.9. The number of hydrogen-bond acceptors (Lipinski definition) is 8. The van der Waals surface area contributed by atoms with Crippen LogP contribution >= 0.6 is 0 Å². The lowest BCUT2D eigenvalue weighted by molar-refractivity contribution is 0.481. The van der Waals surface area contributed by atoms with E-state index in [2.05, 4.69) is 0 Å². The Labute approximate surface area is 369 Å². The van der Waals surface area contributed by atoms with Gasteiger partial charge in [-0.2, -0.15) is 33.7 Å². The molecule has 16 heteroatoms. The zero-order valence-corrected chi connectivity index (χ0v) is 36.3. The lowest BCUT2D eigenvalue weighted by Gasteiger charge is -2.21. The van der Waals surface area contributed by atoms with Gasteiger partial charge < -0.3 is 0 Å². The molecule has 0 heterocycles. The Bertz CT molecular complexity index is 3520. The molecule has 8 rings (SSSR count). The predicted molar refractivity (Wildman–Crippen MR) is 244 cm³/mol. The molecule has 0 aliphatic carbocycles. The van der Waals surface area contributed by atoms with Gasteiger partial charge in [0.15, 0.2) is 0 Å². The van der Waals surface area contributed by atoms with Crippen LogP contribution in [-0.2, 0) is 40.5 Å². The Balaban J connectivity index is 1.34. The molecule has 12 nitrogen and oxygen atoms in total. The van der Waals surface area contributed by atoms with Crippen molar-refractivity contribution in [1.29, 1.82) is 0 Å². The number of benzene rings is 8. The number of rotatable bonds is 11. The third kappa shape index (κ3) is 9.21. The molecule has 4 N–H and O–H groups in total. The summed E-state index contributed by atoms with van der Waals surface area (Å²) in [4.78, 5) is -1.13. The average Bonchev–Trinajstić information content (AvgIpc) is 3.28. The largest absolute Gasteiger partial charge is 0.294 e. The lowest BCUT2D eigenvalue weighted by atomic mass is 9.82. The molecular formula is C48H34O12S4. The molecule has 0 bridgehead atoms. The van der Waals surface area contributed by atoms with Crippen molar-refractivity contribution in [2.75, 3.05) is 0 Å². The van der Waals surface area contributed by atoms with Crippen molar-refractivity contribution in [3.8, 4) is 77.9 Å². The van der Waals surface area contributed by atoms with Crippen molar-refractivity contribution < 1.29 is 51.9 Å². The molecule has 322 valence electrons. The minimum absolute atomic E-state index is 0.273. The standard InChI is InChI=1S/C48H34O12S4/c49-61(50,51)39-19-10-31(11-20-39)38-18-27-43(32-12-21-40(22-13-32)62(52,53)54)46(30-38)35-6-8-37(9-7-35)48-45(34-16-25-42(26-17-34)64(58,59)60)29-28-44(47(48)36-4-2-1-3-5-36)33-14-23-41(24-15-33)63(55,56)57/h1-30H,(H,49,50,51)(H,52,53,54)(H,55,56,57)(H,58,59,60). The van der Waals surface area contributed by atoms with Gasteiger partial charge in [0.2, 0.25) is 0 Å². The zero-order valence-electron chi connectivity index (χ0n) is 33.0. The summed E-state index contributed by atoms with van der Waals surface area (Å²) in [5.74, 6) is 0. The van der Waals surface area contributed by atoms with E-state index in [4.69, 9.17) is 0 Å². The van der Waals surface area contributed by atoms with Crippen molar-refractivity contribution in [2.24, 2.45) is 0 Å². The van der Waals surface area contributed by atoms with Crippen LogP contribution in [-0.4, -0.2) is 51.9 Å². The van der Waals surface area contributed by atoms with E-state index >= 15 is 0 Å². The SMILES string of the molecule is O=S(=O)(O)c1ccc(-c2ccc(-c3ccc(S(=O)(=O)O)cc3)c(-c3ccc(-c4c(-c5ccc(S(=O)(=O)O)cc5)ccc(-c5ccc(S(=O)(=O)O)cc5)c4-c4ccccc4)cc3)c2)cc1. The van der Waals surface area contributed by atoms with E-state index in [9.17, 15) is 51.9 Å². The Morgan fingerprint density at radius 2 is 0.500 bits per heavy atom. The van der Waals surface area contributed by atoms with Crippen LogP contribution in [0.5, 0.6) is 0 Å². The molecule has 0 fully saturated rings. The Morgan fingerprint density at radius 3 is 0.875 bits per heavy atom. The first-order valence-corrected chi connectivity index (χ1v) is 24.8. The first-order chi connectivity index (χ1) is 30.3. The zero-order chi connectivity index (χ0) is 45.6. The maximum absolute atomic E-state index is 12.0. The molecule has 0 saturated heterocycles. The highest BCUT2D eigenvalue weighted by Gasteiger charge is 2.22. The Hall–Kier alpha value is -6.60. The third-order valence-electron chi connectivity index (χ3n) is 10.6. The van der Waals surface area contributed by atoms with Crippen molar-refractivity contribution >= 4 is 40.5 Å². The van der Waals surface area contributed by atoms with E-state index in [-0.39, 0.29) is 19.6 Å². The molecule has 64 heavy (non-hydrogen) atoms. The van der Waals surface area contributed by atoms with Gasteiger partial charge in [0.25, 0.3) is 40.5 Å². The topological polar surface area (TPSA) is 217 Å².